The van der Waals surface area contributed by atoms with Crippen LogP contribution in [0, 0.1) is 4.91 Å². The maximum Gasteiger partial charge on any atom is 0.308 e. The molecule has 0 aliphatic carbocycles. The molecule has 0 heterocycles. The predicted octanol–water partition coefficient (Wildman–Crippen LogP) is 3.40. The molecule has 0 radical (unpaired) electrons. The summed E-state index contributed by atoms with van der Waals surface area (Å²) >= 11 is 6.19. The molecular weight excluding hydrogens is 488 g/mol. The minimum Gasteiger partial charge on any atom is -0.508 e. The quantitative estimate of drug-likeness (QED) is 0.325. The van der Waals surface area contributed by atoms with Gasteiger partial charge in [-0.15, -0.1) is 4.91 Å². The number of phenolic OH excluding ortho intramolecular Hbond substituents is 1. The molecule has 0 spiro atoms. The highest BCUT2D eigenvalue weighted by Crippen LogP contribution is 2.19. The minimum absolute atomic E-state index is 0.0688. The van der Waals surface area contributed by atoms with E-state index >= 15 is 0 Å². The van der Waals surface area contributed by atoms with E-state index in [1.165, 1.54) is 30.3 Å². The first-order valence-corrected chi connectivity index (χ1v) is 11.0. The van der Waals surface area contributed by atoms with Crippen LogP contribution in [-0.2, 0) is 16.1 Å². The summed E-state index contributed by atoms with van der Waals surface area (Å²) in [6.07, 6.45) is -0.529. The average molecular weight is 509 g/mol. The van der Waals surface area contributed by atoms with Crippen LogP contribution in [0.3, 0.4) is 0 Å². The largest absolute Gasteiger partial charge is 0.508 e. The van der Waals surface area contributed by atoms with Crippen LogP contribution in [0.1, 0.15) is 32.7 Å². The Morgan fingerprint density at radius 1 is 0.917 bits per heavy atom. The Hall–Kier alpha value is -4.57. The second kappa shape index (κ2) is 12.2. The fourth-order valence-electron chi connectivity index (χ4n) is 3.21. The second-order valence-electron chi connectivity index (χ2n) is 7.62. The molecular formula is C25H21ClN4O6. The Labute approximate surface area is 210 Å². The summed E-state index contributed by atoms with van der Waals surface area (Å²) in [5.41, 5.74) is 1.25. The number of phenols is 1. The molecule has 0 bridgehead atoms. The van der Waals surface area contributed by atoms with Gasteiger partial charge in [-0.25, -0.2) is 0 Å². The van der Waals surface area contributed by atoms with Gasteiger partial charge in [0.15, 0.2) is 0 Å². The molecule has 0 aromatic heterocycles. The van der Waals surface area contributed by atoms with Crippen molar-refractivity contribution in [2.24, 2.45) is 5.18 Å². The number of hydrogen-bond donors (Lipinski definition) is 4. The maximum absolute atomic E-state index is 12.7. The summed E-state index contributed by atoms with van der Waals surface area (Å²) in [5, 5.41) is 19.3. The smallest absolute Gasteiger partial charge is 0.308 e. The lowest BCUT2D eigenvalue weighted by Gasteiger charge is -2.15. The van der Waals surface area contributed by atoms with Crippen molar-refractivity contribution in [3.05, 3.63) is 99.4 Å². The number of hydrogen-bond acceptors (Lipinski definition) is 6. The summed E-state index contributed by atoms with van der Waals surface area (Å²) in [5.74, 6) is -3.08. The third-order valence-electron chi connectivity index (χ3n) is 4.98. The van der Waals surface area contributed by atoms with Crippen molar-refractivity contribution in [2.45, 2.75) is 19.0 Å². The van der Waals surface area contributed by atoms with Crippen LogP contribution >= 0.6 is 11.6 Å². The molecule has 1 atom stereocenters. The topological polar surface area (TPSA) is 154 Å². The molecule has 184 valence electrons. The highest BCUT2D eigenvalue weighted by atomic mass is 35.5. The average Bonchev–Trinajstić information content (AvgIpc) is 2.86. The molecule has 0 unspecified atom stereocenters. The van der Waals surface area contributed by atoms with Crippen LogP contribution in [0.5, 0.6) is 5.75 Å². The summed E-state index contributed by atoms with van der Waals surface area (Å²) < 4.78 is 0. The Balaban J connectivity index is 1.64. The summed E-state index contributed by atoms with van der Waals surface area (Å²) in [6.45, 7) is 0.153. The van der Waals surface area contributed by atoms with Gasteiger partial charge in [0.25, 0.3) is 11.8 Å². The Morgan fingerprint density at radius 3 is 2.33 bits per heavy atom. The van der Waals surface area contributed by atoms with Crippen molar-refractivity contribution in [1.82, 2.24) is 10.6 Å². The van der Waals surface area contributed by atoms with Gasteiger partial charge in [0.1, 0.15) is 11.8 Å². The Morgan fingerprint density at radius 2 is 1.67 bits per heavy atom. The van der Waals surface area contributed by atoms with Gasteiger partial charge in [-0.1, -0.05) is 41.9 Å². The number of anilines is 1. The van der Waals surface area contributed by atoms with Gasteiger partial charge in [-0.2, -0.15) is 0 Å². The van der Waals surface area contributed by atoms with Crippen LogP contribution in [0.25, 0.3) is 0 Å². The molecule has 0 aliphatic rings. The van der Waals surface area contributed by atoms with E-state index in [2.05, 4.69) is 21.1 Å². The number of carbonyl (C=O) groups is 4. The number of aromatic hydroxyl groups is 1. The van der Waals surface area contributed by atoms with E-state index in [9.17, 15) is 29.2 Å². The molecule has 36 heavy (non-hydrogen) atoms. The zero-order valence-corrected chi connectivity index (χ0v) is 19.5. The van der Waals surface area contributed by atoms with Crippen molar-refractivity contribution >= 4 is 40.9 Å². The van der Waals surface area contributed by atoms with Gasteiger partial charge < -0.3 is 21.1 Å². The predicted molar refractivity (Wildman–Crippen MR) is 132 cm³/mol. The van der Waals surface area contributed by atoms with Crippen molar-refractivity contribution in [1.29, 1.82) is 0 Å². The zero-order valence-electron chi connectivity index (χ0n) is 18.7. The number of rotatable bonds is 9. The molecule has 3 rings (SSSR count). The molecule has 0 saturated heterocycles. The van der Waals surface area contributed by atoms with Gasteiger partial charge in [-0.05, 0) is 48.0 Å². The standard InChI is InChI=1S/C25H21ClN4O6/c26-20-12-16(23(33)27-14-15-5-4-8-18(31)11-15)9-10-19(20)24(34)29-21(25(35)30-36)13-22(32)28-17-6-2-1-3-7-17/h1-12,21,31H,13-14H2,(H,27,33)(H,28,32)(H,29,34)/t21-/m0/s1. The minimum atomic E-state index is -1.51. The van der Waals surface area contributed by atoms with Gasteiger partial charge in [0.2, 0.25) is 5.91 Å². The monoisotopic (exact) mass is 508 g/mol. The van der Waals surface area contributed by atoms with Crippen molar-refractivity contribution in [2.75, 3.05) is 5.32 Å². The number of halogens is 1. The zero-order chi connectivity index (χ0) is 26.1. The number of benzene rings is 3. The summed E-state index contributed by atoms with van der Waals surface area (Å²) in [6, 6.07) is 17.2. The summed E-state index contributed by atoms with van der Waals surface area (Å²) in [7, 11) is 0. The first-order valence-electron chi connectivity index (χ1n) is 10.7. The van der Waals surface area contributed by atoms with E-state index < -0.39 is 36.1 Å². The van der Waals surface area contributed by atoms with E-state index in [-0.39, 0.29) is 28.4 Å². The molecule has 0 saturated carbocycles. The Kier molecular flexibility index (Phi) is 8.84. The SMILES string of the molecule is O=NC(=O)[C@H](CC(=O)Nc1ccccc1)NC(=O)c1ccc(C(=O)NCc2cccc(O)c2)cc1Cl. The number of para-hydroxylation sites is 1. The highest BCUT2D eigenvalue weighted by molar-refractivity contribution is 6.34. The van der Waals surface area contributed by atoms with E-state index in [1.54, 1.807) is 42.5 Å². The van der Waals surface area contributed by atoms with Crippen molar-refractivity contribution in [3.8, 4) is 5.75 Å². The molecule has 10 nitrogen and oxygen atoms in total. The maximum atomic E-state index is 12.7. The van der Waals surface area contributed by atoms with Crippen LogP contribution in [0.15, 0.2) is 78.0 Å². The molecule has 4 N–H and O–H groups in total. The normalized spacial score (nSPS) is 11.1. The van der Waals surface area contributed by atoms with Crippen molar-refractivity contribution < 1.29 is 24.3 Å². The molecule has 4 amide bonds. The van der Waals surface area contributed by atoms with Crippen molar-refractivity contribution in [3.63, 3.8) is 0 Å². The molecule has 3 aromatic rings. The number of nitroso groups, excluding NO2 is 1. The lowest BCUT2D eigenvalue weighted by atomic mass is 10.1. The lowest BCUT2D eigenvalue weighted by Crippen LogP contribution is -2.42. The second-order valence-corrected chi connectivity index (χ2v) is 8.03. The first kappa shape index (κ1) is 26.0. The number of nitrogens with one attached hydrogen (secondary N) is 3. The van der Waals surface area contributed by atoms with E-state index in [0.29, 0.717) is 11.3 Å². The molecule has 3 aromatic carbocycles. The third-order valence-corrected chi connectivity index (χ3v) is 5.29. The van der Waals surface area contributed by atoms with E-state index in [0.717, 1.165) is 0 Å². The lowest BCUT2D eigenvalue weighted by molar-refractivity contribution is -0.124. The highest BCUT2D eigenvalue weighted by Gasteiger charge is 2.26. The third kappa shape index (κ3) is 7.21. The first-order chi connectivity index (χ1) is 17.3. The molecule has 0 aliphatic heterocycles. The van der Waals surface area contributed by atoms with Gasteiger partial charge in [0.05, 0.1) is 17.0 Å². The van der Waals surface area contributed by atoms with Crippen LogP contribution in [0.4, 0.5) is 5.69 Å². The van der Waals surface area contributed by atoms with Crippen LogP contribution in [0.2, 0.25) is 5.02 Å². The van der Waals surface area contributed by atoms with Gasteiger partial charge >= 0.3 is 5.91 Å². The fourth-order valence-corrected chi connectivity index (χ4v) is 3.48. The fraction of sp³-hybridized carbons (Fsp3) is 0.120. The summed E-state index contributed by atoms with van der Waals surface area (Å²) in [4.78, 5) is 60.2. The number of carbonyl (C=O) groups excluding carboxylic acids is 4. The number of amides is 4. The number of nitrogens with zero attached hydrogens (tertiary/aromatic N) is 1. The molecule has 11 heteroatoms. The van der Waals surface area contributed by atoms with Crippen LogP contribution < -0.4 is 16.0 Å². The van der Waals surface area contributed by atoms with Gasteiger partial charge in [-0.3, -0.25) is 19.2 Å². The van der Waals surface area contributed by atoms with E-state index in [1.807, 2.05) is 0 Å². The van der Waals surface area contributed by atoms with Gasteiger partial charge in [0, 0.05) is 23.0 Å². The van der Waals surface area contributed by atoms with E-state index in [4.69, 9.17) is 11.6 Å². The van der Waals surface area contributed by atoms with Crippen LogP contribution in [-0.4, -0.2) is 34.8 Å². The Bertz CT molecular complexity index is 1300. The molecule has 0 fully saturated rings.